The van der Waals surface area contributed by atoms with Crippen LogP contribution in [-0.4, -0.2) is 10.3 Å². The van der Waals surface area contributed by atoms with E-state index < -0.39 is 40.9 Å². The van der Waals surface area contributed by atoms with Crippen molar-refractivity contribution in [1.82, 2.24) is 4.57 Å². The topological polar surface area (TPSA) is 48.0 Å². The van der Waals surface area contributed by atoms with Crippen LogP contribution < -0.4 is 11.3 Å². The van der Waals surface area contributed by atoms with Crippen molar-refractivity contribution in [3.8, 4) is 11.1 Å². The van der Waals surface area contributed by atoms with E-state index in [0.29, 0.717) is 33.0 Å². The first kappa shape index (κ1) is 29.1. The Bertz CT molecular complexity index is 1660. The van der Waals surface area contributed by atoms with Crippen molar-refractivity contribution < 1.29 is 22.0 Å². The molecule has 0 aliphatic carbocycles. The molecule has 3 nitrogen and oxygen atoms in total. The highest BCUT2D eigenvalue weighted by atomic mass is 32.2. The molecule has 0 fully saturated rings. The number of aromatic nitrogens is 1. The van der Waals surface area contributed by atoms with Crippen molar-refractivity contribution in [2.45, 2.75) is 56.1 Å². The predicted molar refractivity (Wildman–Crippen MR) is 152 cm³/mol. The van der Waals surface area contributed by atoms with Crippen LogP contribution in [0.4, 0.5) is 22.0 Å². The van der Waals surface area contributed by atoms with Gasteiger partial charge in [-0.3, -0.25) is 9.36 Å². The fraction of sp³-hybridized carbons (Fsp3) is 0.281. The number of halogens is 5. The SMILES string of the molecule is Cc1c(Cc2c(F)cccc2C(F)(F)F)c2n(c(=O)c1-c1cccc(C(C)(C)F)c1)C(C(N)c1ccccc1)CS2. The summed E-state index contributed by atoms with van der Waals surface area (Å²) < 4.78 is 73.3. The molecular weight excluding hydrogens is 555 g/mol. The number of rotatable bonds is 6. The highest BCUT2D eigenvalue weighted by Crippen LogP contribution is 2.44. The van der Waals surface area contributed by atoms with E-state index in [1.54, 1.807) is 35.8 Å². The monoisotopic (exact) mass is 584 g/mol. The summed E-state index contributed by atoms with van der Waals surface area (Å²) in [4.78, 5) is 14.2. The van der Waals surface area contributed by atoms with Gasteiger partial charge in [-0.25, -0.2) is 8.78 Å². The van der Waals surface area contributed by atoms with Crippen LogP contribution in [0.3, 0.4) is 0 Å². The molecule has 3 aromatic carbocycles. The standard InChI is InChI=1S/C32H29F5N2OS/c1-18-22(16-23-24(32(35,36)37)13-8-14-25(23)33)30-39(26(17-41-30)28(38)19-9-5-4-6-10-19)29(40)27(18)20-11-7-12-21(15-20)31(2,3)34/h4-15,26,28H,16-17,38H2,1-3H3. The third-order valence-corrected chi connectivity index (χ3v) is 8.90. The highest BCUT2D eigenvalue weighted by molar-refractivity contribution is 7.99. The first-order valence-corrected chi connectivity index (χ1v) is 14.1. The van der Waals surface area contributed by atoms with Gasteiger partial charge in [0, 0.05) is 17.7 Å². The minimum absolute atomic E-state index is 0.229. The second kappa shape index (κ2) is 10.8. The molecule has 41 heavy (non-hydrogen) atoms. The van der Waals surface area contributed by atoms with Crippen molar-refractivity contribution >= 4 is 11.8 Å². The second-order valence-corrected chi connectivity index (χ2v) is 11.8. The molecule has 0 radical (unpaired) electrons. The van der Waals surface area contributed by atoms with Gasteiger partial charge in [-0.05, 0) is 66.8 Å². The molecule has 0 saturated heterocycles. The Morgan fingerprint density at radius 2 is 1.66 bits per heavy atom. The van der Waals surface area contributed by atoms with Gasteiger partial charge in [0.1, 0.15) is 11.5 Å². The van der Waals surface area contributed by atoms with Crippen LogP contribution >= 0.6 is 11.8 Å². The molecule has 1 aromatic heterocycles. The van der Waals surface area contributed by atoms with Crippen LogP contribution in [0.2, 0.25) is 0 Å². The molecule has 0 amide bonds. The molecule has 2 N–H and O–H groups in total. The zero-order chi connectivity index (χ0) is 29.7. The predicted octanol–water partition coefficient (Wildman–Crippen LogP) is 8.12. The van der Waals surface area contributed by atoms with Gasteiger partial charge in [0.25, 0.3) is 5.56 Å². The average molecular weight is 585 g/mol. The zero-order valence-corrected chi connectivity index (χ0v) is 23.5. The summed E-state index contributed by atoms with van der Waals surface area (Å²) in [6, 6.07) is 17.6. The number of thioether (sulfide) groups is 1. The van der Waals surface area contributed by atoms with Crippen LogP contribution in [0.25, 0.3) is 11.1 Å². The third kappa shape index (κ3) is 5.45. The number of benzene rings is 3. The summed E-state index contributed by atoms with van der Waals surface area (Å²) in [5, 5.41) is 0.464. The summed E-state index contributed by atoms with van der Waals surface area (Å²) >= 11 is 1.32. The highest BCUT2D eigenvalue weighted by Gasteiger charge is 2.38. The maximum absolute atomic E-state index is 15.0. The molecular formula is C32H29F5N2OS. The Morgan fingerprint density at radius 3 is 2.32 bits per heavy atom. The largest absolute Gasteiger partial charge is 0.416 e. The van der Waals surface area contributed by atoms with Crippen LogP contribution in [0, 0.1) is 12.7 Å². The van der Waals surface area contributed by atoms with Gasteiger partial charge >= 0.3 is 6.18 Å². The molecule has 1 aliphatic rings. The van der Waals surface area contributed by atoms with Crippen LogP contribution in [0.1, 0.15) is 59.3 Å². The number of hydrogen-bond acceptors (Lipinski definition) is 3. The van der Waals surface area contributed by atoms with Crippen LogP contribution in [-0.2, 0) is 18.3 Å². The van der Waals surface area contributed by atoms with E-state index >= 15 is 4.39 Å². The van der Waals surface area contributed by atoms with Gasteiger partial charge in [0.2, 0.25) is 0 Å². The van der Waals surface area contributed by atoms with Crippen molar-refractivity contribution in [2.24, 2.45) is 5.73 Å². The van der Waals surface area contributed by atoms with Gasteiger partial charge in [-0.2, -0.15) is 13.2 Å². The summed E-state index contributed by atoms with van der Waals surface area (Å²) in [5.74, 6) is -0.574. The van der Waals surface area contributed by atoms with Crippen molar-refractivity contribution in [2.75, 3.05) is 5.75 Å². The fourth-order valence-electron chi connectivity index (χ4n) is 5.46. The molecule has 214 valence electrons. The minimum Gasteiger partial charge on any atom is -0.322 e. The van der Waals surface area contributed by atoms with E-state index in [1.165, 1.54) is 25.6 Å². The van der Waals surface area contributed by atoms with Crippen molar-refractivity contribution in [3.05, 3.63) is 122 Å². The van der Waals surface area contributed by atoms with E-state index in [4.69, 9.17) is 5.73 Å². The Balaban J connectivity index is 1.77. The number of fused-ring (bicyclic) bond motifs is 1. The first-order chi connectivity index (χ1) is 19.3. The lowest BCUT2D eigenvalue weighted by molar-refractivity contribution is -0.138. The first-order valence-electron chi connectivity index (χ1n) is 13.1. The van der Waals surface area contributed by atoms with E-state index in [0.717, 1.165) is 23.8 Å². The maximum atomic E-state index is 15.0. The molecule has 2 heterocycles. The number of nitrogens with zero attached hydrogens (tertiary/aromatic N) is 1. The van der Waals surface area contributed by atoms with Gasteiger partial charge < -0.3 is 5.73 Å². The Labute approximate surface area is 239 Å². The van der Waals surface area contributed by atoms with E-state index in [-0.39, 0.29) is 17.5 Å². The number of pyridine rings is 1. The van der Waals surface area contributed by atoms with E-state index in [9.17, 15) is 22.4 Å². The van der Waals surface area contributed by atoms with E-state index in [2.05, 4.69) is 0 Å². The van der Waals surface area contributed by atoms with Gasteiger partial charge in [-0.1, -0.05) is 54.6 Å². The maximum Gasteiger partial charge on any atom is 0.416 e. The summed E-state index contributed by atoms with van der Waals surface area (Å²) in [7, 11) is 0. The van der Waals surface area contributed by atoms with Gasteiger partial charge in [0.15, 0.2) is 0 Å². The fourth-order valence-corrected chi connectivity index (χ4v) is 6.90. The van der Waals surface area contributed by atoms with Gasteiger partial charge in [0.05, 0.1) is 28.2 Å². The van der Waals surface area contributed by atoms with Crippen LogP contribution in [0.5, 0.6) is 0 Å². The zero-order valence-electron chi connectivity index (χ0n) is 22.7. The smallest absolute Gasteiger partial charge is 0.322 e. The number of hydrogen-bond donors (Lipinski definition) is 1. The number of nitrogens with two attached hydrogens (primary N) is 1. The lowest BCUT2D eigenvalue weighted by Crippen LogP contribution is -2.33. The molecule has 9 heteroatoms. The average Bonchev–Trinajstić information content (AvgIpc) is 3.36. The summed E-state index contributed by atoms with van der Waals surface area (Å²) in [6.45, 7) is 4.46. The molecule has 0 saturated carbocycles. The molecule has 4 aromatic rings. The number of alkyl halides is 4. The molecule has 2 unspecified atom stereocenters. The summed E-state index contributed by atoms with van der Waals surface area (Å²) in [5.41, 5.74) is 5.69. The molecule has 1 aliphatic heterocycles. The normalized spacial score (nSPS) is 16.1. The minimum atomic E-state index is -4.77. The Morgan fingerprint density at radius 1 is 0.976 bits per heavy atom. The summed E-state index contributed by atoms with van der Waals surface area (Å²) in [6.07, 6.45) is -5.15. The quantitative estimate of drug-likeness (QED) is 0.233. The molecule has 2 atom stereocenters. The van der Waals surface area contributed by atoms with Gasteiger partial charge in [-0.15, -0.1) is 11.8 Å². The third-order valence-electron chi connectivity index (χ3n) is 7.67. The molecule has 0 bridgehead atoms. The lowest BCUT2D eigenvalue weighted by Gasteiger charge is -2.25. The Kier molecular flexibility index (Phi) is 7.63. The Hall–Kier alpha value is -3.43. The lowest BCUT2D eigenvalue weighted by atomic mass is 9.90. The van der Waals surface area contributed by atoms with Crippen molar-refractivity contribution in [1.29, 1.82) is 0 Å². The van der Waals surface area contributed by atoms with E-state index in [1.807, 2.05) is 30.3 Å². The second-order valence-electron chi connectivity index (χ2n) is 10.8. The molecule has 0 spiro atoms. The van der Waals surface area contributed by atoms with Crippen LogP contribution in [0.15, 0.2) is 82.6 Å². The van der Waals surface area contributed by atoms with Crippen molar-refractivity contribution in [3.63, 3.8) is 0 Å². The molecule has 5 rings (SSSR count).